The third-order valence-corrected chi connectivity index (χ3v) is 3.37. The van der Waals surface area contributed by atoms with Gasteiger partial charge in [-0.1, -0.05) is 0 Å². The van der Waals surface area contributed by atoms with Crippen molar-refractivity contribution in [3.05, 3.63) is 10.4 Å². The smallest absolute Gasteiger partial charge is 0.265 e. The third kappa shape index (κ3) is 1.94. The standard InChI is InChI=1S/C10H14N6O5/c11-6-3-7(13-10(12)14-8(3)20)16(15-6)9-5(19)4(18)2(1-17)21-9/h2,4-5,9,17-19H,1H2,(H2,11,15)(H3,12,13,14,20)/t2-,4-,5-,9?/m1/s1. The second-order valence-electron chi connectivity index (χ2n) is 4.71. The van der Waals surface area contributed by atoms with Gasteiger partial charge in [0.05, 0.1) is 6.61 Å². The Morgan fingerprint density at radius 3 is 2.67 bits per heavy atom. The Hall–Kier alpha value is -2.21. The summed E-state index contributed by atoms with van der Waals surface area (Å²) < 4.78 is 6.39. The van der Waals surface area contributed by atoms with E-state index in [4.69, 9.17) is 21.3 Å². The van der Waals surface area contributed by atoms with Crippen LogP contribution in [0, 0.1) is 0 Å². The SMILES string of the molecule is Nc1nc2c(c(N)nn2C2O[C@H](CO)[C@@H](O)[C@H]2O)c(=O)[nH]1. The van der Waals surface area contributed by atoms with E-state index in [1.807, 2.05) is 0 Å². The number of aromatic nitrogens is 4. The van der Waals surface area contributed by atoms with Crippen molar-refractivity contribution in [2.75, 3.05) is 18.1 Å². The summed E-state index contributed by atoms with van der Waals surface area (Å²) in [6.45, 7) is -0.487. The van der Waals surface area contributed by atoms with Crippen molar-refractivity contribution in [3.8, 4) is 0 Å². The van der Waals surface area contributed by atoms with Crippen LogP contribution < -0.4 is 17.0 Å². The normalized spacial score (nSPS) is 29.3. The van der Waals surface area contributed by atoms with Gasteiger partial charge in [-0.25, -0.2) is 4.68 Å². The molecule has 3 rings (SSSR count). The predicted octanol–water partition coefficient (Wildman–Crippen LogP) is -3.10. The lowest BCUT2D eigenvalue weighted by Gasteiger charge is -2.15. The van der Waals surface area contributed by atoms with Gasteiger partial charge in [0.2, 0.25) is 5.95 Å². The molecule has 114 valence electrons. The maximum Gasteiger partial charge on any atom is 0.265 e. The summed E-state index contributed by atoms with van der Waals surface area (Å²) in [5, 5.41) is 32.7. The zero-order valence-corrected chi connectivity index (χ0v) is 10.7. The molecule has 0 spiro atoms. The average molecular weight is 298 g/mol. The number of rotatable bonds is 2. The van der Waals surface area contributed by atoms with E-state index < -0.39 is 36.7 Å². The van der Waals surface area contributed by atoms with Crippen LogP contribution in [-0.2, 0) is 4.74 Å². The lowest BCUT2D eigenvalue weighted by molar-refractivity contribution is -0.0565. The van der Waals surface area contributed by atoms with Crippen molar-refractivity contribution in [2.24, 2.45) is 0 Å². The number of fused-ring (bicyclic) bond motifs is 1. The highest BCUT2D eigenvalue weighted by molar-refractivity contribution is 5.86. The fraction of sp³-hybridized carbons (Fsp3) is 0.500. The van der Waals surface area contributed by atoms with Crippen molar-refractivity contribution >= 4 is 22.8 Å². The van der Waals surface area contributed by atoms with Crippen LogP contribution in [0.2, 0.25) is 0 Å². The highest BCUT2D eigenvalue weighted by atomic mass is 16.6. The van der Waals surface area contributed by atoms with Gasteiger partial charge in [0.15, 0.2) is 17.7 Å². The molecular weight excluding hydrogens is 284 g/mol. The maximum absolute atomic E-state index is 11.8. The van der Waals surface area contributed by atoms with Crippen LogP contribution in [-0.4, -0.2) is 60.0 Å². The second kappa shape index (κ2) is 4.66. The first-order chi connectivity index (χ1) is 9.93. The van der Waals surface area contributed by atoms with Crippen molar-refractivity contribution in [2.45, 2.75) is 24.5 Å². The lowest BCUT2D eigenvalue weighted by atomic mass is 10.1. The molecule has 0 saturated carbocycles. The largest absolute Gasteiger partial charge is 0.394 e. The number of aromatic amines is 1. The summed E-state index contributed by atoms with van der Waals surface area (Å²) in [4.78, 5) is 18.0. The minimum atomic E-state index is -1.37. The van der Waals surface area contributed by atoms with E-state index >= 15 is 0 Å². The number of ether oxygens (including phenoxy) is 1. The summed E-state index contributed by atoms with van der Waals surface area (Å²) in [7, 11) is 0. The third-order valence-electron chi connectivity index (χ3n) is 3.37. The van der Waals surface area contributed by atoms with Crippen molar-refractivity contribution in [3.63, 3.8) is 0 Å². The highest BCUT2D eigenvalue weighted by Crippen LogP contribution is 2.31. The van der Waals surface area contributed by atoms with Crippen molar-refractivity contribution in [1.82, 2.24) is 19.7 Å². The van der Waals surface area contributed by atoms with Gasteiger partial charge in [-0.15, -0.1) is 0 Å². The Kier molecular flexibility index (Phi) is 3.06. The van der Waals surface area contributed by atoms with Gasteiger partial charge in [-0.2, -0.15) is 10.1 Å². The minimum absolute atomic E-state index is 0.00179. The molecule has 1 unspecified atom stereocenters. The number of nitrogens with two attached hydrogens (primary N) is 2. The Labute approximate surface area is 116 Å². The number of nitrogens with zero attached hydrogens (tertiary/aromatic N) is 3. The number of hydrogen-bond donors (Lipinski definition) is 6. The van der Waals surface area contributed by atoms with E-state index in [1.165, 1.54) is 0 Å². The minimum Gasteiger partial charge on any atom is -0.394 e. The number of anilines is 2. The average Bonchev–Trinajstić information content (AvgIpc) is 2.89. The molecule has 1 fully saturated rings. The first-order valence-corrected chi connectivity index (χ1v) is 6.10. The van der Waals surface area contributed by atoms with Crippen LogP contribution >= 0.6 is 0 Å². The lowest BCUT2D eigenvalue weighted by Crippen LogP contribution is -2.33. The molecule has 1 saturated heterocycles. The first-order valence-electron chi connectivity index (χ1n) is 6.10. The quantitative estimate of drug-likeness (QED) is 0.334. The van der Waals surface area contributed by atoms with E-state index in [9.17, 15) is 15.0 Å². The van der Waals surface area contributed by atoms with Gasteiger partial charge >= 0.3 is 0 Å². The summed E-state index contributed by atoms with van der Waals surface area (Å²) in [6, 6.07) is 0. The van der Waals surface area contributed by atoms with Gasteiger partial charge < -0.3 is 31.5 Å². The Morgan fingerprint density at radius 2 is 2.05 bits per heavy atom. The Balaban J connectivity index is 2.16. The van der Waals surface area contributed by atoms with Gasteiger partial charge in [-0.05, 0) is 0 Å². The molecule has 2 aromatic rings. The molecule has 4 atom stereocenters. The van der Waals surface area contributed by atoms with Gasteiger partial charge in [-0.3, -0.25) is 9.78 Å². The molecule has 0 aliphatic carbocycles. The number of aliphatic hydroxyl groups is 3. The van der Waals surface area contributed by atoms with Crippen molar-refractivity contribution < 1.29 is 20.1 Å². The van der Waals surface area contributed by atoms with Crippen LogP contribution in [0.4, 0.5) is 11.8 Å². The molecule has 1 aliphatic rings. The predicted molar refractivity (Wildman–Crippen MR) is 70.0 cm³/mol. The first kappa shape index (κ1) is 13.8. The van der Waals surface area contributed by atoms with E-state index in [-0.39, 0.29) is 22.8 Å². The maximum atomic E-state index is 11.8. The Morgan fingerprint density at radius 1 is 1.33 bits per heavy atom. The topological polar surface area (TPSA) is 186 Å². The van der Waals surface area contributed by atoms with Gasteiger partial charge in [0, 0.05) is 0 Å². The van der Waals surface area contributed by atoms with Crippen LogP contribution in [0.15, 0.2) is 4.79 Å². The molecule has 8 N–H and O–H groups in total. The van der Waals surface area contributed by atoms with E-state index in [0.29, 0.717) is 0 Å². The van der Waals surface area contributed by atoms with Gasteiger partial charge in [0.25, 0.3) is 5.56 Å². The number of aliphatic hydroxyl groups excluding tert-OH is 3. The van der Waals surface area contributed by atoms with E-state index in [2.05, 4.69) is 15.1 Å². The van der Waals surface area contributed by atoms with Crippen molar-refractivity contribution in [1.29, 1.82) is 0 Å². The zero-order valence-electron chi connectivity index (χ0n) is 10.7. The van der Waals surface area contributed by atoms with Crippen LogP contribution in [0.1, 0.15) is 6.23 Å². The summed E-state index contributed by atoms with van der Waals surface area (Å²) in [6.07, 6.45) is -4.80. The molecule has 0 bridgehead atoms. The highest BCUT2D eigenvalue weighted by Gasteiger charge is 2.44. The molecule has 3 heterocycles. The fourth-order valence-electron chi connectivity index (χ4n) is 2.35. The van der Waals surface area contributed by atoms with E-state index in [0.717, 1.165) is 4.68 Å². The molecule has 2 aromatic heterocycles. The molecule has 0 amide bonds. The van der Waals surface area contributed by atoms with Crippen LogP contribution in [0.5, 0.6) is 0 Å². The molecule has 0 aromatic carbocycles. The molecule has 21 heavy (non-hydrogen) atoms. The van der Waals surface area contributed by atoms with E-state index in [1.54, 1.807) is 0 Å². The summed E-state index contributed by atoms with van der Waals surface area (Å²) in [5.41, 5.74) is 10.6. The number of hydrogen-bond acceptors (Lipinski definition) is 9. The number of nitrogens with one attached hydrogen (secondary N) is 1. The number of H-pyrrole nitrogens is 1. The molecular formula is C10H14N6O5. The number of nitrogen functional groups attached to an aromatic ring is 2. The summed E-state index contributed by atoms with van der Waals surface area (Å²) in [5.74, 6) is -0.267. The zero-order chi connectivity index (χ0) is 15.3. The second-order valence-corrected chi connectivity index (χ2v) is 4.71. The molecule has 11 nitrogen and oxygen atoms in total. The molecule has 1 aliphatic heterocycles. The molecule has 11 heteroatoms. The monoisotopic (exact) mass is 298 g/mol. The van der Waals surface area contributed by atoms with Crippen LogP contribution in [0.3, 0.4) is 0 Å². The summed E-state index contributed by atoms with van der Waals surface area (Å²) >= 11 is 0. The van der Waals surface area contributed by atoms with Crippen LogP contribution in [0.25, 0.3) is 11.0 Å². The molecule has 0 radical (unpaired) electrons. The van der Waals surface area contributed by atoms with Gasteiger partial charge in [0.1, 0.15) is 23.7 Å². The fourth-order valence-corrected chi connectivity index (χ4v) is 2.35. The Bertz CT molecular complexity index is 741.